The largest absolute Gasteiger partial charge is 0.489 e. The fourth-order valence-corrected chi connectivity index (χ4v) is 4.17. The normalized spacial score (nSPS) is 23.4. The molecule has 2 amide bonds. The van der Waals surface area contributed by atoms with Crippen molar-refractivity contribution in [1.29, 1.82) is 0 Å². The molecule has 2 aliphatic rings. The first-order valence-electron chi connectivity index (χ1n) is 10.6. The van der Waals surface area contributed by atoms with Gasteiger partial charge < -0.3 is 15.0 Å². The Morgan fingerprint density at radius 2 is 2.07 bits per heavy atom. The lowest BCUT2D eigenvalue weighted by Crippen LogP contribution is -2.47. The number of nitrogens with one attached hydrogen (secondary N) is 1. The second-order valence-electron chi connectivity index (χ2n) is 8.50. The number of rotatable bonds is 3. The summed E-state index contributed by atoms with van der Waals surface area (Å²) in [6.45, 7) is 6.85. The lowest BCUT2D eigenvalue weighted by atomic mass is 9.82. The highest BCUT2D eigenvalue weighted by Gasteiger charge is 2.31. The molecule has 2 bridgehead atoms. The van der Waals surface area contributed by atoms with Crippen LogP contribution >= 0.6 is 0 Å². The zero-order valence-electron chi connectivity index (χ0n) is 17.8. The third-order valence-electron chi connectivity index (χ3n) is 5.59. The van der Waals surface area contributed by atoms with Gasteiger partial charge in [-0.3, -0.25) is 14.5 Å². The van der Waals surface area contributed by atoms with E-state index in [1.165, 1.54) is 0 Å². The highest BCUT2D eigenvalue weighted by molar-refractivity contribution is 5.79. The van der Waals surface area contributed by atoms with Gasteiger partial charge in [-0.05, 0) is 45.2 Å². The molecule has 0 aliphatic carbocycles. The molecule has 6 nitrogen and oxygen atoms in total. The van der Waals surface area contributed by atoms with Crippen molar-refractivity contribution in [3.63, 3.8) is 0 Å². The van der Waals surface area contributed by atoms with Crippen molar-refractivity contribution in [2.75, 3.05) is 33.3 Å². The molecular weight excluding hydrogens is 366 g/mol. The predicted octanol–water partition coefficient (Wildman–Crippen LogP) is 2.45. The summed E-state index contributed by atoms with van der Waals surface area (Å²) in [5.41, 5.74) is 1.08. The minimum Gasteiger partial charge on any atom is -0.489 e. The molecule has 2 atom stereocenters. The molecule has 0 aromatic heterocycles. The van der Waals surface area contributed by atoms with Crippen molar-refractivity contribution in [3.05, 3.63) is 42.0 Å². The van der Waals surface area contributed by atoms with Gasteiger partial charge >= 0.3 is 0 Å². The van der Waals surface area contributed by atoms with Crippen LogP contribution in [0.2, 0.25) is 0 Å². The molecule has 0 saturated carbocycles. The maximum atomic E-state index is 12.9. The predicted molar refractivity (Wildman–Crippen MR) is 113 cm³/mol. The van der Waals surface area contributed by atoms with E-state index in [4.69, 9.17) is 4.74 Å². The Labute approximate surface area is 173 Å². The first kappa shape index (κ1) is 21.4. The minimum atomic E-state index is 0.0889. The Morgan fingerprint density at radius 1 is 1.28 bits per heavy atom. The molecule has 1 fully saturated rings. The van der Waals surface area contributed by atoms with Crippen molar-refractivity contribution in [1.82, 2.24) is 15.1 Å². The molecule has 29 heavy (non-hydrogen) atoms. The summed E-state index contributed by atoms with van der Waals surface area (Å²) in [7, 11) is 1.97. The van der Waals surface area contributed by atoms with Crippen LogP contribution in [0.15, 0.2) is 36.4 Å². The van der Waals surface area contributed by atoms with E-state index >= 15 is 0 Å². The number of piperidine rings is 1. The fraction of sp³-hybridized carbons (Fsp3) is 0.565. The van der Waals surface area contributed by atoms with Crippen molar-refractivity contribution >= 4 is 11.8 Å². The summed E-state index contributed by atoms with van der Waals surface area (Å²) in [6, 6.07) is 8.12. The highest BCUT2D eigenvalue weighted by Crippen LogP contribution is 2.29. The second kappa shape index (κ2) is 9.92. The van der Waals surface area contributed by atoms with Gasteiger partial charge in [-0.2, -0.15) is 0 Å². The molecule has 0 spiro atoms. The van der Waals surface area contributed by atoms with E-state index < -0.39 is 0 Å². The fourth-order valence-electron chi connectivity index (χ4n) is 4.17. The number of para-hydroxylation sites is 1. The molecule has 3 rings (SSSR count). The molecule has 1 aromatic carbocycles. The first-order valence-corrected chi connectivity index (χ1v) is 10.6. The van der Waals surface area contributed by atoms with E-state index in [-0.39, 0.29) is 29.7 Å². The number of fused-ring (bicyclic) bond motifs is 3. The minimum absolute atomic E-state index is 0.0889. The van der Waals surface area contributed by atoms with Crippen molar-refractivity contribution in [3.8, 4) is 5.75 Å². The number of hydrogen-bond acceptors (Lipinski definition) is 4. The van der Waals surface area contributed by atoms with E-state index in [0.717, 1.165) is 17.7 Å². The van der Waals surface area contributed by atoms with E-state index in [1.807, 2.05) is 61.0 Å². The van der Waals surface area contributed by atoms with Gasteiger partial charge in [0.15, 0.2) is 0 Å². The summed E-state index contributed by atoms with van der Waals surface area (Å²) in [4.78, 5) is 29.2. The van der Waals surface area contributed by atoms with Crippen molar-refractivity contribution < 1.29 is 14.3 Å². The number of nitrogens with zero attached hydrogens (tertiary/aromatic N) is 2. The molecule has 0 radical (unpaired) electrons. The average Bonchev–Trinajstić information content (AvgIpc) is 2.66. The van der Waals surface area contributed by atoms with Gasteiger partial charge in [-0.1, -0.05) is 30.4 Å². The van der Waals surface area contributed by atoms with Crippen molar-refractivity contribution in [2.24, 2.45) is 11.8 Å². The topological polar surface area (TPSA) is 61.9 Å². The number of amides is 2. The molecule has 1 N–H and O–H groups in total. The van der Waals surface area contributed by atoms with Gasteiger partial charge in [0, 0.05) is 37.7 Å². The Hall–Kier alpha value is -2.34. The van der Waals surface area contributed by atoms with Gasteiger partial charge in [0.25, 0.3) is 0 Å². The van der Waals surface area contributed by atoms with Crippen LogP contribution in [0.4, 0.5) is 0 Å². The van der Waals surface area contributed by atoms with Crippen LogP contribution in [0, 0.1) is 11.8 Å². The highest BCUT2D eigenvalue weighted by atomic mass is 16.5. The number of benzene rings is 1. The van der Waals surface area contributed by atoms with E-state index in [2.05, 4.69) is 11.4 Å². The summed E-state index contributed by atoms with van der Waals surface area (Å²) >= 11 is 0. The second-order valence-corrected chi connectivity index (χ2v) is 8.50. The number of likely N-dealkylation sites (N-methyl/N-ethyl adjacent to an activating group) is 1. The number of hydrogen-bond donors (Lipinski definition) is 1. The van der Waals surface area contributed by atoms with Crippen LogP contribution in [-0.4, -0.2) is 60.9 Å². The Kier molecular flexibility index (Phi) is 7.31. The first-order chi connectivity index (χ1) is 13.9. The van der Waals surface area contributed by atoms with Crippen molar-refractivity contribution in [2.45, 2.75) is 39.3 Å². The van der Waals surface area contributed by atoms with Crippen LogP contribution in [0.1, 0.15) is 32.3 Å². The van der Waals surface area contributed by atoms with Gasteiger partial charge in [0.2, 0.25) is 11.8 Å². The Bertz CT molecular complexity index is 747. The molecule has 0 unspecified atom stereocenters. The quantitative estimate of drug-likeness (QED) is 0.793. The lowest BCUT2D eigenvalue weighted by Gasteiger charge is -2.38. The van der Waals surface area contributed by atoms with Gasteiger partial charge in [0.05, 0.1) is 6.54 Å². The molecule has 158 valence electrons. The molecule has 1 aromatic rings. The van der Waals surface area contributed by atoms with E-state index in [1.54, 1.807) is 0 Å². The maximum absolute atomic E-state index is 12.9. The van der Waals surface area contributed by atoms with Crippen LogP contribution in [0.5, 0.6) is 5.75 Å². The zero-order chi connectivity index (χ0) is 20.8. The molecule has 6 heteroatoms. The van der Waals surface area contributed by atoms with E-state index in [0.29, 0.717) is 39.2 Å². The molecule has 1 saturated heterocycles. The van der Waals surface area contributed by atoms with Crippen LogP contribution in [0.3, 0.4) is 0 Å². The Morgan fingerprint density at radius 3 is 2.86 bits per heavy atom. The third kappa shape index (κ3) is 6.07. The standard InChI is InChI=1S/C23H33N3O3/c1-17(2)24-22(27)13-18-10-11-26-15-19(18)8-6-12-29-21-9-5-4-7-20(21)14-25(3)16-23(26)28/h4-9,17-19H,10-16H2,1-3H3,(H,24,27)/t18-,19-/m0/s1. The SMILES string of the molecule is CC(C)NC(=O)C[C@@H]1CCN2C[C@@H]1C=CCOc1ccccc1CN(C)CC2=O. The van der Waals surface area contributed by atoms with Crippen LogP contribution in [-0.2, 0) is 16.1 Å². The van der Waals surface area contributed by atoms with Crippen LogP contribution in [0.25, 0.3) is 0 Å². The maximum Gasteiger partial charge on any atom is 0.236 e. The summed E-state index contributed by atoms with van der Waals surface area (Å²) < 4.78 is 5.99. The smallest absolute Gasteiger partial charge is 0.236 e. The number of carbonyl (C=O) groups is 2. The lowest BCUT2D eigenvalue weighted by molar-refractivity contribution is -0.134. The average molecular weight is 400 g/mol. The monoisotopic (exact) mass is 399 g/mol. The summed E-state index contributed by atoms with van der Waals surface area (Å²) in [6.07, 6.45) is 5.51. The van der Waals surface area contributed by atoms with Crippen LogP contribution < -0.4 is 10.1 Å². The Balaban J connectivity index is 1.76. The third-order valence-corrected chi connectivity index (χ3v) is 5.59. The zero-order valence-corrected chi connectivity index (χ0v) is 17.8. The number of ether oxygens (including phenoxy) is 1. The molecule has 2 heterocycles. The summed E-state index contributed by atoms with van der Waals surface area (Å²) in [5, 5.41) is 2.99. The molecular formula is C23H33N3O3. The van der Waals surface area contributed by atoms with Gasteiger partial charge in [0.1, 0.15) is 12.4 Å². The van der Waals surface area contributed by atoms with E-state index in [9.17, 15) is 9.59 Å². The van der Waals surface area contributed by atoms with Gasteiger partial charge in [-0.25, -0.2) is 0 Å². The molecule has 2 aliphatic heterocycles. The number of carbonyl (C=O) groups excluding carboxylic acids is 2. The van der Waals surface area contributed by atoms with Gasteiger partial charge in [-0.15, -0.1) is 0 Å². The summed E-state index contributed by atoms with van der Waals surface area (Å²) in [5.74, 6) is 1.49.